The maximum Gasteiger partial charge on any atom is 0.353 e. The topological polar surface area (TPSA) is 129 Å². The van der Waals surface area contributed by atoms with Gasteiger partial charge in [-0.25, -0.2) is 0 Å². The molecule has 0 bridgehead atoms. The van der Waals surface area contributed by atoms with Gasteiger partial charge in [0.25, 0.3) is 5.91 Å². The molecule has 9 heteroatoms. The molecule has 0 heterocycles. The molecule has 0 unspecified atom stereocenters. The Balaban J connectivity index is 2.16. The van der Waals surface area contributed by atoms with E-state index in [1.807, 2.05) is 4.40 Å². The average Bonchev–Trinajstić information content (AvgIpc) is 2.47. The van der Waals surface area contributed by atoms with Crippen LogP contribution in [0.4, 0.5) is 5.69 Å². The van der Waals surface area contributed by atoms with E-state index in [1.54, 1.807) is 24.3 Å². The highest BCUT2D eigenvalue weighted by Gasteiger charge is 2.14. The maximum atomic E-state index is 12.0. The third-order valence-electron chi connectivity index (χ3n) is 2.78. The molecular weight excluding hydrogens is 340 g/mol. The number of anilines is 1. The standard InChI is InChI=1S/C14H13ClN4O3S/c15-10-3-1-9(2-4-10)13(20)18-11-5-7-12(8-6-11)23(21,22)19-14(16)17/h1-8H,(H,18,20)(H4,16,17,19)/p+1. The van der Waals surface area contributed by atoms with Gasteiger partial charge in [0.2, 0.25) is 0 Å². The van der Waals surface area contributed by atoms with Gasteiger partial charge in [-0.2, -0.15) is 12.8 Å². The Hall–Kier alpha value is -2.58. The lowest BCUT2D eigenvalue weighted by Crippen LogP contribution is -2.80. The fraction of sp³-hybridized carbons (Fsp3) is 0. The fourth-order valence-electron chi connectivity index (χ4n) is 1.74. The molecule has 1 amide bonds. The third kappa shape index (κ3) is 4.44. The molecule has 0 saturated heterocycles. The number of benzene rings is 2. The lowest BCUT2D eigenvalue weighted by Gasteiger charge is -2.06. The molecule has 2 aromatic carbocycles. The van der Waals surface area contributed by atoms with Gasteiger partial charge in [0.05, 0.1) is 0 Å². The number of amides is 1. The smallest absolute Gasteiger partial charge is 0.322 e. The number of nitrogens with two attached hydrogens (primary N) is 2. The molecule has 6 N–H and O–H groups in total. The molecule has 0 radical (unpaired) electrons. The van der Waals surface area contributed by atoms with Crippen LogP contribution in [0.5, 0.6) is 0 Å². The Kier molecular flexibility index (Phi) is 4.87. The summed E-state index contributed by atoms with van der Waals surface area (Å²) < 4.78 is 25.6. The highest BCUT2D eigenvalue weighted by molar-refractivity contribution is 7.84. The van der Waals surface area contributed by atoms with Gasteiger partial charge in [0, 0.05) is 16.3 Å². The highest BCUT2D eigenvalue weighted by Crippen LogP contribution is 2.15. The Labute approximate surface area is 138 Å². The van der Waals surface area contributed by atoms with E-state index in [0.717, 1.165) is 0 Å². The second kappa shape index (κ2) is 6.67. The Bertz CT molecular complexity index is 843. The Morgan fingerprint density at radius 1 is 1.00 bits per heavy atom. The predicted molar refractivity (Wildman–Crippen MR) is 87.4 cm³/mol. The molecule has 23 heavy (non-hydrogen) atoms. The zero-order valence-electron chi connectivity index (χ0n) is 11.8. The lowest BCUT2D eigenvalue weighted by molar-refractivity contribution is -0.270. The summed E-state index contributed by atoms with van der Waals surface area (Å²) in [7, 11) is -3.83. The van der Waals surface area contributed by atoms with E-state index in [-0.39, 0.29) is 10.8 Å². The minimum atomic E-state index is -3.83. The molecule has 0 aliphatic rings. The van der Waals surface area contributed by atoms with E-state index in [1.165, 1.54) is 24.3 Å². The van der Waals surface area contributed by atoms with Crippen molar-refractivity contribution in [2.45, 2.75) is 4.90 Å². The van der Waals surface area contributed by atoms with Crippen LogP contribution in [0.2, 0.25) is 5.02 Å². The zero-order valence-corrected chi connectivity index (χ0v) is 13.4. The largest absolute Gasteiger partial charge is 0.353 e. The summed E-state index contributed by atoms with van der Waals surface area (Å²) in [5.41, 5.74) is 11.1. The third-order valence-corrected chi connectivity index (χ3v) is 4.43. The molecule has 0 aliphatic carbocycles. The van der Waals surface area contributed by atoms with E-state index < -0.39 is 16.0 Å². The summed E-state index contributed by atoms with van der Waals surface area (Å²) in [6.45, 7) is 0. The van der Waals surface area contributed by atoms with Crippen LogP contribution in [0.1, 0.15) is 10.4 Å². The van der Waals surface area contributed by atoms with Gasteiger partial charge < -0.3 is 5.32 Å². The lowest BCUT2D eigenvalue weighted by atomic mass is 10.2. The van der Waals surface area contributed by atoms with Crippen molar-refractivity contribution in [2.75, 3.05) is 5.32 Å². The summed E-state index contributed by atoms with van der Waals surface area (Å²) in [5.74, 6) is -0.764. The minimum absolute atomic E-state index is 0.0320. The summed E-state index contributed by atoms with van der Waals surface area (Å²) in [6.07, 6.45) is 0. The van der Waals surface area contributed by atoms with Gasteiger partial charge in [-0.15, -0.1) is 0 Å². The van der Waals surface area contributed by atoms with Gasteiger partial charge in [-0.1, -0.05) is 11.6 Å². The van der Waals surface area contributed by atoms with Crippen LogP contribution in [0.15, 0.2) is 53.4 Å². The SMILES string of the molecule is NC(N)=[NH+]S(=O)(=O)c1ccc(NC(=O)c2ccc(Cl)cc2)cc1. The molecule has 0 atom stereocenters. The van der Waals surface area contributed by atoms with Gasteiger partial charge in [0.1, 0.15) is 4.90 Å². The van der Waals surface area contributed by atoms with Crippen molar-refractivity contribution < 1.29 is 17.6 Å². The number of sulfonamides is 1. The van der Waals surface area contributed by atoms with Crippen molar-refractivity contribution >= 4 is 39.2 Å². The van der Waals surface area contributed by atoms with Gasteiger partial charge in [-0.3, -0.25) is 16.3 Å². The van der Waals surface area contributed by atoms with E-state index in [2.05, 4.69) is 5.32 Å². The van der Waals surface area contributed by atoms with Crippen LogP contribution in [0, 0.1) is 0 Å². The molecule has 0 spiro atoms. The summed E-state index contributed by atoms with van der Waals surface area (Å²) >= 11 is 5.76. The Morgan fingerprint density at radius 3 is 2.09 bits per heavy atom. The number of rotatable bonds is 4. The predicted octanol–water partition coefficient (Wildman–Crippen LogP) is -0.365. The first-order chi connectivity index (χ1) is 10.8. The van der Waals surface area contributed by atoms with Crippen LogP contribution in [0.25, 0.3) is 0 Å². The maximum absolute atomic E-state index is 12.0. The first-order valence-electron chi connectivity index (χ1n) is 6.35. The van der Waals surface area contributed by atoms with Crippen molar-refractivity contribution in [2.24, 2.45) is 11.5 Å². The normalized spacial score (nSPS) is 10.8. The molecular formula is C14H14ClN4O3S+. The van der Waals surface area contributed by atoms with Crippen LogP contribution in [0.3, 0.4) is 0 Å². The van der Waals surface area contributed by atoms with E-state index >= 15 is 0 Å². The number of hydrogen-bond donors (Lipinski definition) is 4. The van der Waals surface area contributed by atoms with Crippen molar-refractivity contribution in [1.82, 2.24) is 0 Å². The second-order valence-corrected chi connectivity index (χ2v) is 6.67. The number of hydrogen-bond acceptors (Lipinski definition) is 3. The summed E-state index contributed by atoms with van der Waals surface area (Å²) in [6, 6.07) is 11.9. The summed E-state index contributed by atoms with van der Waals surface area (Å²) in [5, 5.41) is 3.17. The molecule has 0 fully saturated rings. The van der Waals surface area contributed by atoms with Crippen molar-refractivity contribution in [3.8, 4) is 0 Å². The van der Waals surface area contributed by atoms with Gasteiger partial charge >= 0.3 is 16.0 Å². The molecule has 2 aromatic rings. The van der Waals surface area contributed by atoms with Gasteiger partial charge in [-0.05, 0) is 48.5 Å². The number of nitrogens with one attached hydrogen (secondary N) is 2. The fourth-order valence-corrected chi connectivity index (χ4v) is 2.78. The van der Waals surface area contributed by atoms with Crippen molar-refractivity contribution in [3.63, 3.8) is 0 Å². The molecule has 0 saturated carbocycles. The number of carbonyl (C=O) groups is 1. The van der Waals surface area contributed by atoms with Crippen LogP contribution in [-0.4, -0.2) is 20.3 Å². The Morgan fingerprint density at radius 2 is 1.57 bits per heavy atom. The quantitative estimate of drug-likeness (QED) is 0.440. The van der Waals surface area contributed by atoms with Gasteiger partial charge in [0.15, 0.2) is 0 Å². The minimum Gasteiger partial charge on any atom is -0.322 e. The molecule has 7 nitrogen and oxygen atoms in total. The summed E-state index contributed by atoms with van der Waals surface area (Å²) in [4.78, 5) is 12.0. The van der Waals surface area contributed by atoms with Crippen LogP contribution < -0.4 is 21.2 Å². The van der Waals surface area contributed by atoms with E-state index in [9.17, 15) is 13.2 Å². The second-order valence-electron chi connectivity index (χ2n) is 4.55. The number of carbonyl (C=O) groups excluding carboxylic acids is 1. The molecule has 0 aliphatic heterocycles. The average molecular weight is 354 g/mol. The highest BCUT2D eigenvalue weighted by atomic mass is 35.5. The van der Waals surface area contributed by atoms with E-state index in [0.29, 0.717) is 16.3 Å². The number of halogens is 1. The van der Waals surface area contributed by atoms with Crippen molar-refractivity contribution in [1.29, 1.82) is 0 Å². The van der Waals surface area contributed by atoms with Crippen molar-refractivity contribution in [3.05, 3.63) is 59.1 Å². The zero-order chi connectivity index (χ0) is 17.0. The van der Waals surface area contributed by atoms with E-state index in [4.69, 9.17) is 23.1 Å². The first-order valence-corrected chi connectivity index (χ1v) is 8.22. The molecule has 2 rings (SSSR count). The van der Waals surface area contributed by atoms with Crippen LogP contribution >= 0.6 is 11.6 Å². The number of guanidine groups is 1. The molecule has 0 aromatic heterocycles. The van der Waals surface area contributed by atoms with Crippen LogP contribution in [-0.2, 0) is 10.0 Å². The first kappa shape index (κ1) is 16.8. The molecule has 120 valence electrons. The monoisotopic (exact) mass is 353 g/mol.